The predicted molar refractivity (Wildman–Crippen MR) is 115 cm³/mol. The molecule has 3 aliphatic heterocycles. The number of carbonyl (C=O) groups is 2. The van der Waals surface area contributed by atoms with Crippen LogP contribution in [0.25, 0.3) is 0 Å². The summed E-state index contributed by atoms with van der Waals surface area (Å²) in [5, 5.41) is 4.20. The third-order valence-corrected chi connectivity index (χ3v) is 6.43. The van der Waals surface area contributed by atoms with E-state index in [2.05, 4.69) is 15.1 Å². The van der Waals surface area contributed by atoms with Gasteiger partial charge in [-0.1, -0.05) is 48.0 Å². The second kappa shape index (κ2) is 7.58. The van der Waals surface area contributed by atoms with Crippen molar-refractivity contribution in [3.8, 4) is 0 Å². The van der Waals surface area contributed by atoms with Crippen molar-refractivity contribution in [1.29, 1.82) is 0 Å². The normalized spacial score (nSPS) is 26.7. The lowest BCUT2D eigenvalue weighted by Gasteiger charge is -2.44. The van der Waals surface area contributed by atoms with Crippen molar-refractivity contribution in [3.05, 3.63) is 65.2 Å². The first-order valence-electron chi connectivity index (χ1n) is 10.2. The molecule has 0 spiro atoms. The Morgan fingerprint density at radius 2 is 1.87 bits per heavy atom. The van der Waals surface area contributed by atoms with Crippen LogP contribution >= 0.6 is 11.6 Å². The van der Waals surface area contributed by atoms with Crippen molar-refractivity contribution in [2.75, 3.05) is 25.0 Å². The molecule has 1 N–H and O–H groups in total. The predicted octanol–water partition coefficient (Wildman–Crippen LogP) is 2.53. The van der Waals surface area contributed by atoms with Crippen LogP contribution in [0.4, 0.5) is 10.5 Å². The topological polar surface area (TPSA) is 59.1 Å². The Kier molecular flexibility index (Phi) is 4.89. The summed E-state index contributed by atoms with van der Waals surface area (Å²) in [6, 6.07) is 16.7. The van der Waals surface area contributed by atoms with E-state index in [1.54, 1.807) is 11.9 Å². The number of anilines is 1. The summed E-state index contributed by atoms with van der Waals surface area (Å²) in [7, 11) is 1.76. The highest BCUT2D eigenvalue weighted by molar-refractivity contribution is 6.30. The van der Waals surface area contributed by atoms with Crippen LogP contribution < -0.4 is 10.2 Å². The largest absolute Gasteiger partial charge is 0.343 e. The molecule has 2 aromatic carbocycles. The van der Waals surface area contributed by atoms with Crippen molar-refractivity contribution >= 4 is 29.2 Å². The quantitative estimate of drug-likeness (QED) is 0.818. The van der Waals surface area contributed by atoms with Gasteiger partial charge in [0.05, 0.1) is 6.54 Å². The Bertz CT molecular complexity index is 971. The molecule has 2 aromatic rings. The Balaban J connectivity index is 1.44. The van der Waals surface area contributed by atoms with Crippen LogP contribution in [-0.4, -0.2) is 65.3 Å². The van der Waals surface area contributed by atoms with Crippen LogP contribution in [0.5, 0.6) is 0 Å². The third-order valence-electron chi connectivity index (χ3n) is 6.19. The van der Waals surface area contributed by atoms with E-state index in [0.717, 1.165) is 30.8 Å². The summed E-state index contributed by atoms with van der Waals surface area (Å²) in [5.74, 6) is -0.144. The molecule has 3 fully saturated rings. The van der Waals surface area contributed by atoms with Gasteiger partial charge in [-0.25, -0.2) is 4.79 Å². The van der Waals surface area contributed by atoms with Gasteiger partial charge >= 0.3 is 6.03 Å². The SMILES string of the molecule is CN1C(=O)N(Cc2ccccc2)C(=O)C2C1NC1N(c3cccc(Cl)c3)CCCN21. The number of nitrogens with zero attached hydrogens (tertiary/aromatic N) is 4. The van der Waals surface area contributed by atoms with Crippen molar-refractivity contribution in [2.45, 2.75) is 31.5 Å². The lowest BCUT2D eigenvalue weighted by Crippen LogP contribution is -2.66. The number of fused-ring (bicyclic) bond motifs is 3. The smallest absolute Gasteiger partial charge is 0.328 e. The fraction of sp³-hybridized carbons (Fsp3) is 0.364. The molecule has 30 heavy (non-hydrogen) atoms. The molecule has 8 heteroatoms. The van der Waals surface area contributed by atoms with Crippen LogP contribution in [-0.2, 0) is 11.3 Å². The zero-order valence-electron chi connectivity index (χ0n) is 16.7. The molecule has 0 saturated carbocycles. The van der Waals surface area contributed by atoms with E-state index in [-0.39, 0.29) is 30.9 Å². The van der Waals surface area contributed by atoms with E-state index in [4.69, 9.17) is 11.6 Å². The maximum Gasteiger partial charge on any atom is 0.328 e. The molecule has 3 heterocycles. The summed E-state index contributed by atoms with van der Waals surface area (Å²) >= 11 is 6.22. The molecule has 3 unspecified atom stereocenters. The van der Waals surface area contributed by atoms with Gasteiger partial charge in [0.2, 0.25) is 0 Å². The Morgan fingerprint density at radius 1 is 1.07 bits per heavy atom. The minimum atomic E-state index is -0.414. The summed E-state index contributed by atoms with van der Waals surface area (Å²) in [4.78, 5) is 33.9. The number of urea groups is 1. The van der Waals surface area contributed by atoms with Gasteiger partial charge in [0.15, 0.2) is 0 Å². The van der Waals surface area contributed by atoms with Gasteiger partial charge in [-0.3, -0.25) is 19.9 Å². The monoisotopic (exact) mass is 425 g/mol. The Labute approximate surface area is 180 Å². The van der Waals surface area contributed by atoms with E-state index in [1.807, 2.05) is 54.6 Å². The molecule has 0 bridgehead atoms. The molecule has 0 aliphatic carbocycles. The number of hydrogen-bond donors (Lipinski definition) is 1. The first kappa shape index (κ1) is 19.4. The van der Waals surface area contributed by atoms with Crippen molar-refractivity contribution in [3.63, 3.8) is 0 Å². The number of nitrogens with one attached hydrogen (secondary N) is 1. The molecule has 0 radical (unpaired) electrons. The van der Waals surface area contributed by atoms with Crippen LogP contribution in [0.3, 0.4) is 0 Å². The first-order chi connectivity index (χ1) is 14.5. The molecule has 3 atom stereocenters. The number of rotatable bonds is 3. The molecule has 0 aromatic heterocycles. The Hall–Kier alpha value is -2.61. The third kappa shape index (κ3) is 3.14. The van der Waals surface area contributed by atoms with Gasteiger partial charge in [-0.05, 0) is 30.2 Å². The molecular formula is C22H24ClN5O2. The minimum absolute atomic E-state index is 0.144. The molecule has 3 amide bonds. The van der Waals surface area contributed by atoms with Gasteiger partial charge < -0.3 is 9.80 Å². The first-order valence-corrected chi connectivity index (χ1v) is 10.6. The maximum atomic E-state index is 13.5. The second-order valence-corrected chi connectivity index (χ2v) is 8.43. The standard InChI is InChI=1S/C22H24ClN5O2/c1-25-19-18(20(29)28(22(25)30)14-15-7-3-2-4-8-15)27-12-6-11-26(21(27)24-19)17-10-5-9-16(23)13-17/h2-5,7-10,13,18-19,21,24H,6,11-12,14H2,1H3. The fourth-order valence-electron chi connectivity index (χ4n) is 4.75. The highest BCUT2D eigenvalue weighted by atomic mass is 35.5. The number of carbonyl (C=O) groups excluding carboxylic acids is 2. The van der Waals surface area contributed by atoms with Crippen LogP contribution in [0.1, 0.15) is 12.0 Å². The van der Waals surface area contributed by atoms with Crippen molar-refractivity contribution < 1.29 is 9.59 Å². The van der Waals surface area contributed by atoms with E-state index in [9.17, 15) is 9.59 Å². The van der Waals surface area contributed by atoms with Gasteiger partial charge in [0.25, 0.3) is 5.91 Å². The fourth-order valence-corrected chi connectivity index (χ4v) is 4.93. The number of amides is 3. The summed E-state index contributed by atoms with van der Waals surface area (Å²) in [6.07, 6.45) is 0.405. The van der Waals surface area contributed by atoms with Gasteiger partial charge in [0.1, 0.15) is 18.5 Å². The van der Waals surface area contributed by atoms with Crippen LogP contribution in [0, 0.1) is 0 Å². The molecule has 156 valence electrons. The number of halogens is 1. The zero-order valence-corrected chi connectivity index (χ0v) is 17.5. The van der Waals surface area contributed by atoms with Crippen LogP contribution in [0.15, 0.2) is 54.6 Å². The lowest BCUT2D eigenvalue weighted by atomic mass is 10.1. The summed E-state index contributed by atoms with van der Waals surface area (Å²) < 4.78 is 0. The van der Waals surface area contributed by atoms with Gasteiger partial charge in [-0.15, -0.1) is 0 Å². The molecule has 3 aliphatic rings. The molecular weight excluding hydrogens is 402 g/mol. The molecule has 5 rings (SSSR count). The molecule has 3 saturated heterocycles. The van der Waals surface area contributed by atoms with E-state index in [0.29, 0.717) is 5.02 Å². The highest BCUT2D eigenvalue weighted by Crippen LogP contribution is 2.34. The van der Waals surface area contributed by atoms with E-state index >= 15 is 0 Å². The number of likely N-dealkylation sites (N-methyl/N-ethyl adjacent to an activating group) is 1. The Morgan fingerprint density at radius 3 is 2.63 bits per heavy atom. The zero-order chi connectivity index (χ0) is 20.8. The number of imide groups is 1. The van der Waals surface area contributed by atoms with Gasteiger partial charge in [0, 0.05) is 30.8 Å². The van der Waals surface area contributed by atoms with E-state index < -0.39 is 6.04 Å². The minimum Gasteiger partial charge on any atom is -0.343 e. The lowest BCUT2D eigenvalue weighted by molar-refractivity contribution is -0.139. The molecule has 7 nitrogen and oxygen atoms in total. The maximum absolute atomic E-state index is 13.5. The van der Waals surface area contributed by atoms with Crippen LogP contribution in [0.2, 0.25) is 5.02 Å². The number of hydrogen-bond acceptors (Lipinski definition) is 5. The van der Waals surface area contributed by atoms with E-state index in [1.165, 1.54) is 4.90 Å². The van der Waals surface area contributed by atoms with Crippen molar-refractivity contribution in [2.24, 2.45) is 0 Å². The second-order valence-electron chi connectivity index (χ2n) is 8.00. The van der Waals surface area contributed by atoms with Crippen molar-refractivity contribution in [1.82, 2.24) is 20.0 Å². The summed E-state index contributed by atoms with van der Waals surface area (Å²) in [5.41, 5.74) is 1.94. The number of benzene rings is 2. The highest BCUT2D eigenvalue weighted by Gasteiger charge is 2.56. The average molecular weight is 426 g/mol. The average Bonchev–Trinajstić information content (AvgIpc) is 3.16. The van der Waals surface area contributed by atoms with Gasteiger partial charge in [-0.2, -0.15) is 0 Å². The summed E-state index contributed by atoms with van der Waals surface area (Å²) in [6.45, 7) is 1.93.